The zero-order valence-corrected chi connectivity index (χ0v) is 21.9. The summed E-state index contributed by atoms with van der Waals surface area (Å²) in [5.74, 6) is 1.69. The molecular formula is C24H21N2NaO7S. The molecule has 35 heavy (non-hydrogen) atoms. The molecule has 0 bridgehead atoms. The van der Waals surface area contributed by atoms with Gasteiger partial charge in [0.15, 0.2) is 5.44 Å². The number of hydrogen-bond acceptors (Lipinski definition) is 9. The molecule has 0 saturated heterocycles. The van der Waals surface area contributed by atoms with Gasteiger partial charge in [-0.2, -0.15) is 0 Å². The number of oxazole rings is 1. The van der Waals surface area contributed by atoms with Gasteiger partial charge in [-0.1, -0.05) is 30.3 Å². The molecule has 0 aliphatic rings. The third-order valence-corrected chi connectivity index (χ3v) is 5.73. The van der Waals surface area contributed by atoms with Crippen LogP contribution in [0.15, 0.2) is 77.3 Å². The summed E-state index contributed by atoms with van der Waals surface area (Å²) in [5, 5.41) is 9.76. The summed E-state index contributed by atoms with van der Waals surface area (Å²) in [6.45, 7) is 2.11. The Morgan fingerprint density at radius 2 is 1.71 bits per heavy atom. The van der Waals surface area contributed by atoms with E-state index in [2.05, 4.69) is 9.97 Å². The SMILES string of the molecule is Cc1oc(-c2ccccc2)nc1COc1ccc(COc2ncccc2C(O)S(=O)(=O)[O-])cc1.[Na+]. The maximum atomic E-state index is 11.1. The molecule has 0 aliphatic carbocycles. The van der Waals surface area contributed by atoms with E-state index < -0.39 is 15.6 Å². The maximum Gasteiger partial charge on any atom is 1.00 e. The molecule has 1 N–H and O–H groups in total. The number of benzene rings is 2. The van der Waals surface area contributed by atoms with Crippen molar-refractivity contribution in [2.75, 3.05) is 0 Å². The fourth-order valence-corrected chi connectivity index (χ4v) is 3.61. The standard InChI is InChI=1S/C24H22N2O7S.Na/c1-16-21(26-22(33-16)18-6-3-2-4-7-18)15-31-19-11-9-17(10-12-19)14-32-23-20(8-5-13-25-23)24(27)34(28,29)30;/h2-13,24,27H,14-15H2,1H3,(H,28,29,30);/q;+1/p-1. The van der Waals surface area contributed by atoms with Crippen LogP contribution in [0.3, 0.4) is 0 Å². The smallest absolute Gasteiger partial charge is 0.746 e. The fraction of sp³-hybridized carbons (Fsp3) is 0.167. The molecule has 0 radical (unpaired) electrons. The first-order chi connectivity index (χ1) is 16.3. The van der Waals surface area contributed by atoms with Crippen LogP contribution in [0.2, 0.25) is 0 Å². The molecule has 1 atom stereocenters. The van der Waals surface area contributed by atoms with Crippen LogP contribution in [0.1, 0.15) is 28.0 Å². The average molecular weight is 504 g/mol. The summed E-state index contributed by atoms with van der Waals surface area (Å²) in [6, 6.07) is 19.3. The van der Waals surface area contributed by atoms with E-state index in [0.29, 0.717) is 23.1 Å². The van der Waals surface area contributed by atoms with Crippen molar-refractivity contribution in [2.45, 2.75) is 25.6 Å². The third kappa shape index (κ3) is 6.91. The van der Waals surface area contributed by atoms with Crippen LogP contribution in [-0.2, 0) is 23.3 Å². The van der Waals surface area contributed by atoms with Crippen LogP contribution in [0.4, 0.5) is 0 Å². The van der Waals surface area contributed by atoms with E-state index in [1.165, 1.54) is 18.3 Å². The molecule has 2 aromatic carbocycles. The minimum atomic E-state index is -4.96. The van der Waals surface area contributed by atoms with Crippen molar-refractivity contribution in [1.29, 1.82) is 0 Å². The maximum absolute atomic E-state index is 11.1. The van der Waals surface area contributed by atoms with E-state index in [0.717, 1.165) is 11.1 Å². The van der Waals surface area contributed by atoms with Gasteiger partial charge in [0.1, 0.15) is 40.5 Å². The molecule has 4 aromatic rings. The molecule has 1 unspecified atom stereocenters. The first kappa shape index (κ1) is 26.9. The van der Waals surface area contributed by atoms with E-state index in [1.807, 2.05) is 37.3 Å². The van der Waals surface area contributed by atoms with Crippen molar-refractivity contribution in [3.8, 4) is 23.1 Å². The largest absolute Gasteiger partial charge is 1.00 e. The van der Waals surface area contributed by atoms with E-state index in [4.69, 9.17) is 13.9 Å². The first-order valence-electron chi connectivity index (χ1n) is 10.2. The van der Waals surface area contributed by atoms with Crippen LogP contribution in [0.5, 0.6) is 11.6 Å². The summed E-state index contributed by atoms with van der Waals surface area (Å²) < 4.78 is 50.5. The molecule has 0 spiro atoms. The summed E-state index contributed by atoms with van der Waals surface area (Å²) >= 11 is 0. The van der Waals surface area contributed by atoms with Gasteiger partial charge in [0, 0.05) is 11.8 Å². The van der Waals surface area contributed by atoms with Crippen LogP contribution < -0.4 is 39.0 Å². The molecular weight excluding hydrogens is 483 g/mol. The van der Waals surface area contributed by atoms with Crippen molar-refractivity contribution in [3.05, 3.63) is 95.5 Å². The van der Waals surface area contributed by atoms with Gasteiger partial charge in [0.2, 0.25) is 11.8 Å². The van der Waals surface area contributed by atoms with Gasteiger partial charge in [-0.15, -0.1) is 0 Å². The van der Waals surface area contributed by atoms with Gasteiger partial charge in [0.25, 0.3) is 0 Å². The van der Waals surface area contributed by atoms with Crippen molar-refractivity contribution >= 4 is 10.1 Å². The Hall–Kier alpha value is -2.73. The number of aromatic nitrogens is 2. The second kappa shape index (κ2) is 11.8. The van der Waals surface area contributed by atoms with Gasteiger partial charge >= 0.3 is 29.6 Å². The number of rotatable bonds is 9. The van der Waals surface area contributed by atoms with Gasteiger partial charge in [0.05, 0.1) is 5.56 Å². The Labute approximate surface area is 224 Å². The summed E-state index contributed by atoms with van der Waals surface area (Å²) in [7, 11) is -4.96. The predicted octanol–water partition coefficient (Wildman–Crippen LogP) is 0.743. The van der Waals surface area contributed by atoms with Crippen molar-refractivity contribution in [1.82, 2.24) is 9.97 Å². The molecule has 2 heterocycles. The summed E-state index contributed by atoms with van der Waals surface area (Å²) in [4.78, 5) is 8.43. The molecule has 11 heteroatoms. The number of ether oxygens (including phenoxy) is 2. The number of nitrogens with zero attached hydrogens (tertiary/aromatic N) is 2. The number of aliphatic hydroxyl groups excluding tert-OH is 1. The topological polar surface area (TPSA) is 135 Å². The quantitative estimate of drug-likeness (QED) is 0.259. The molecule has 2 aromatic heterocycles. The molecule has 0 saturated carbocycles. The van der Waals surface area contributed by atoms with Crippen molar-refractivity contribution in [3.63, 3.8) is 0 Å². The third-order valence-electron chi connectivity index (χ3n) is 4.93. The average Bonchev–Trinajstić information content (AvgIpc) is 3.22. The Morgan fingerprint density at radius 3 is 2.40 bits per heavy atom. The van der Waals surface area contributed by atoms with E-state index >= 15 is 0 Å². The van der Waals surface area contributed by atoms with Crippen LogP contribution >= 0.6 is 0 Å². The van der Waals surface area contributed by atoms with Gasteiger partial charge in [-0.05, 0) is 48.9 Å². The normalized spacial score (nSPS) is 12.0. The van der Waals surface area contributed by atoms with Gasteiger partial charge in [-0.3, -0.25) is 0 Å². The Kier molecular flexibility index (Phi) is 9.06. The van der Waals surface area contributed by atoms with E-state index in [-0.39, 0.29) is 54.2 Å². The molecule has 0 aliphatic heterocycles. The van der Waals surface area contributed by atoms with Crippen molar-refractivity contribution in [2.24, 2.45) is 0 Å². The van der Waals surface area contributed by atoms with Crippen LogP contribution in [0.25, 0.3) is 11.5 Å². The first-order valence-corrected chi connectivity index (χ1v) is 11.7. The second-order valence-corrected chi connectivity index (χ2v) is 8.78. The molecule has 176 valence electrons. The fourth-order valence-electron chi connectivity index (χ4n) is 3.12. The number of hydrogen-bond donors (Lipinski definition) is 1. The molecule has 0 amide bonds. The van der Waals surface area contributed by atoms with Gasteiger partial charge in [-0.25, -0.2) is 18.4 Å². The molecule has 4 rings (SSSR count). The second-order valence-electron chi connectivity index (χ2n) is 7.35. The molecule has 9 nitrogen and oxygen atoms in total. The zero-order chi connectivity index (χ0) is 24.1. The summed E-state index contributed by atoms with van der Waals surface area (Å²) in [6.07, 6.45) is 1.37. The summed E-state index contributed by atoms with van der Waals surface area (Å²) in [5.41, 5.74) is -0.143. The number of pyridine rings is 1. The predicted molar refractivity (Wildman–Crippen MR) is 121 cm³/mol. The Balaban J connectivity index is 0.00000342. The minimum Gasteiger partial charge on any atom is -0.746 e. The number of aliphatic hydroxyl groups is 1. The van der Waals surface area contributed by atoms with Crippen LogP contribution in [0, 0.1) is 6.92 Å². The monoisotopic (exact) mass is 504 g/mol. The van der Waals surface area contributed by atoms with Crippen LogP contribution in [-0.4, -0.2) is 28.0 Å². The Morgan fingerprint density at radius 1 is 1.00 bits per heavy atom. The minimum absolute atomic E-state index is 0. The van der Waals surface area contributed by atoms with E-state index in [1.54, 1.807) is 24.3 Å². The Bertz CT molecular complexity index is 1360. The number of aryl methyl sites for hydroxylation is 1. The zero-order valence-electron chi connectivity index (χ0n) is 19.1. The van der Waals surface area contributed by atoms with Crippen molar-refractivity contribution < 1.29 is 61.5 Å². The van der Waals surface area contributed by atoms with E-state index in [9.17, 15) is 18.1 Å². The van der Waals surface area contributed by atoms with Gasteiger partial charge < -0.3 is 23.6 Å². The molecule has 0 fully saturated rings.